The fourth-order valence-electron chi connectivity index (χ4n) is 2.95. The van der Waals surface area contributed by atoms with Crippen LogP contribution >= 0.6 is 0 Å². The second-order valence-electron chi connectivity index (χ2n) is 5.75. The van der Waals surface area contributed by atoms with Crippen molar-refractivity contribution in [2.45, 2.75) is 6.54 Å². The van der Waals surface area contributed by atoms with Gasteiger partial charge in [-0.15, -0.1) is 5.10 Å². The molecule has 7 nitrogen and oxygen atoms in total. The Kier molecular flexibility index (Phi) is 3.73. The Bertz CT molecular complexity index is 928. The molecule has 0 radical (unpaired) electrons. The minimum absolute atomic E-state index is 0.221. The van der Waals surface area contributed by atoms with E-state index in [2.05, 4.69) is 20.3 Å². The molecule has 24 heavy (non-hydrogen) atoms. The van der Waals surface area contributed by atoms with Gasteiger partial charge < -0.3 is 10.2 Å². The van der Waals surface area contributed by atoms with Gasteiger partial charge in [0.15, 0.2) is 5.82 Å². The Labute approximate surface area is 137 Å². The maximum absolute atomic E-state index is 13.3. The molecule has 1 aromatic carbocycles. The summed E-state index contributed by atoms with van der Waals surface area (Å²) in [7, 11) is 0. The maximum atomic E-state index is 13.3. The lowest BCUT2D eigenvalue weighted by Gasteiger charge is -2.28. The van der Waals surface area contributed by atoms with Crippen molar-refractivity contribution in [3.8, 4) is 0 Å². The molecule has 1 aliphatic heterocycles. The van der Waals surface area contributed by atoms with Gasteiger partial charge in [0, 0.05) is 38.6 Å². The molecule has 0 saturated carbocycles. The SMILES string of the molecule is O=c1n(Cc2cccc(F)c2)nc2c(N3CCNCC3)nccn12. The lowest BCUT2D eigenvalue weighted by molar-refractivity contribution is 0.585. The number of anilines is 1. The van der Waals surface area contributed by atoms with Crippen LogP contribution in [0.25, 0.3) is 5.65 Å². The van der Waals surface area contributed by atoms with Crippen LogP contribution in [0.3, 0.4) is 0 Å². The van der Waals surface area contributed by atoms with Crippen molar-refractivity contribution in [1.29, 1.82) is 0 Å². The molecular formula is C16H17FN6O. The number of halogens is 1. The van der Waals surface area contributed by atoms with Crippen molar-refractivity contribution in [2.75, 3.05) is 31.1 Å². The molecule has 0 bridgehead atoms. The number of aromatic nitrogens is 4. The van der Waals surface area contributed by atoms with E-state index in [1.165, 1.54) is 21.2 Å². The van der Waals surface area contributed by atoms with Crippen molar-refractivity contribution in [3.05, 3.63) is 58.5 Å². The monoisotopic (exact) mass is 328 g/mol. The van der Waals surface area contributed by atoms with E-state index in [0.717, 1.165) is 26.2 Å². The quantitative estimate of drug-likeness (QED) is 0.758. The first-order valence-electron chi connectivity index (χ1n) is 7.87. The summed E-state index contributed by atoms with van der Waals surface area (Å²) in [5.41, 5.74) is 0.964. The van der Waals surface area contributed by atoms with Gasteiger partial charge in [-0.05, 0) is 17.7 Å². The summed E-state index contributed by atoms with van der Waals surface area (Å²) >= 11 is 0. The van der Waals surface area contributed by atoms with Gasteiger partial charge in [-0.25, -0.2) is 23.3 Å². The third-order valence-corrected chi connectivity index (χ3v) is 4.12. The fraction of sp³-hybridized carbons (Fsp3) is 0.312. The van der Waals surface area contributed by atoms with Crippen LogP contribution in [0.1, 0.15) is 5.56 Å². The Hall–Kier alpha value is -2.74. The number of rotatable bonds is 3. The highest BCUT2D eigenvalue weighted by Gasteiger charge is 2.18. The first-order valence-corrected chi connectivity index (χ1v) is 7.87. The van der Waals surface area contributed by atoms with E-state index in [1.54, 1.807) is 24.5 Å². The molecule has 1 saturated heterocycles. The predicted octanol–water partition coefficient (Wildman–Crippen LogP) is 0.488. The minimum atomic E-state index is -0.326. The first-order chi connectivity index (χ1) is 11.7. The van der Waals surface area contributed by atoms with Crippen LogP contribution in [0, 0.1) is 5.82 Å². The molecule has 0 atom stereocenters. The summed E-state index contributed by atoms with van der Waals surface area (Å²) in [5, 5.41) is 7.72. The molecule has 4 rings (SSSR count). The zero-order chi connectivity index (χ0) is 16.5. The van der Waals surface area contributed by atoms with Gasteiger partial charge in [0.05, 0.1) is 6.54 Å². The average molecular weight is 328 g/mol. The standard InChI is InChI=1S/C16H17FN6O/c17-13-3-1-2-12(10-13)11-23-16(24)22-9-6-19-14(15(22)20-23)21-7-4-18-5-8-21/h1-3,6,9-10,18H,4-5,7-8,11H2. The topological polar surface area (TPSA) is 67.5 Å². The Morgan fingerprint density at radius 2 is 2.08 bits per heavy atom. The molecule has 3 heterocycles. The molecule has 124 valence electrons. The van der Waals surface area contributed by atoms with Crippen LogP contribution in [0.2, 0.25) is 0 Å². The van der Waals surface area contributed by atoms with Gasteiger partial charge in [-0.3, -0.25) is 0 Å². The van der Waals surface area contributed by atoms with Crippen molar-refractivity contribution < 1.29 is 4.39 Å². The van der Waals surface area contributed by atoms with E-state index in [9.17, 15) is 9.18 Å². The van der Waals surface area contributed by atoms with Gasteiger partial charge in [0.1, 0.15) is 5.82 Å². The van der Waals surface area contributed by atoms with E-state index in [4.69, 9.17) is 0 Å². The van der Waals surface area contributed by atoms with Gasteiger partial charge in [0.2, 0.25) is 5.65 Å². The van der Waals surface area contributed by atoms with E-state index in [0.29, 0.717) is 17.0 Å². The summed E-state index contributed by atoms with van der Waals surface area (Å²) in [6.45, 7) is 3.60. The number of piperazine rings is 1. The Morgan fingerprint density at radius 3 is 2.88 bits per heavy atom. The third-order valence-electron chi connectivity index (χ3n) is 4.12. The van der Waals surface area contributed by atoms with Crippen molar-refractivity contribution in [2.24, 2.45) is 0 Å². The van der Waals surface area contributed by atoms with Gasteiger partial charge in [-0.2, -0.15) is 0 Å². The highest BCUT2D eigenvalue weighted by molar-refractivity contribution is 5.63. The van der Waals surface area contributed by atoms with E-state index in [1.807, 2.05) is 0 Å². The lowest BCUT2D eigenvalue weighted by Crippen LogP contribution is -2.44. The number of nitrogens with one attached hydrogen (secondary N) is 1. The molecular weight excluding hydrogens is 311 g/mol. The highest BCUT2D eigenvalue weighted by Crippen LogP contribution is 2.16. The zero-order valence-electron chi connectivity index (χ0n) is 13.0. The van der Waals surface area contributed by atoms with Crippen molar-refractivity contribution in [3.63, 3.8) is 0 Å². The number of hydrogen-bond acceptors (Lipinski definition) is 5. The smallest absolute Gasteiger partial charge is 0.350 e. The van der Waals surface area contributed by atoms with Crippen LogP contribution in [0.5, 0.6) is 0 Å². The molecule has 1 aliphatic rings. The number of benzene rings is 1. The van der Waals surface area contributed by atoms with Crippen LogP contribution in [-0.2, 0) is 6.54 Å². The van der Waals surface area contributed by atoms with E-state index >= 15 is 0 Å². The average Bonchev–Trinajstić information content (AvgIpc) is 2.92. The number of nitrogens with zero attached hydrogens (tertiary/aromatic N) is 5. The molecule has 3 aromatic rings. The molecule has 0 spiro atoms. The van der Waals surface area contributed by atoms with Crippen LogP contribution in [0.15, 0.2) is 41.5 Å². The molecule has 1 fully saturated rings. The predicted molar refractivity (Wildman–Crippen MR) is 87.8 cm³/mol. The molecule has 2 aromatic heterocycles. The summed E-state index contributed by atoms with van der Waals surface area (Å²) in [6, 6.07) is 6.18. The van der Waals surface area contributed by atoms with Crippen LogP contribution in [-0.4, -0.2) is 45.3 Å². The summed E-state index contributed by atoms with van der Waals surface area (Å²) < 4.78 is 16.2. The second kappa shape index (κ2) is 6.04. The lowest BCUT2D eigenvalue weighted by atomic mass is 10.2. The summed E-state index contributed by atoms with van der Waals surface area (Å²) in [4.78, 5) is 19.1. The first kappa shape index (κ1) is 14.8. The van der Waals surface area contributed by atoms with Crippen molar-refractivity contribution >= 4 is 11.5 Å². The zero-order valence-corrected chi connectivity index (χ0v) is 13.0. The molecule has 0 amide bonds. The van der Waals surface area contributed by atoms with Gasteiger partial charge in [-0.1, -0.05) is 12.1 Å². The van der Waals surface area contributed by atoms with Crippen molar-refractivity contribution in [1.82, 2.24) is 24.5 Å². The Balaban J connectivity index is 1.75. The molecule has 8 heteroatoms. The molecule has 0 aliphatic carbocycles. The minimum Gasteiger partial charge on any atom is -0.351 e. The van der Waals surface area contributed by atoms with Gasteiger partial charge in [0.25, 0.3) is 0 Å². The van der Waals surface area contributed by atoms with Gasteiger partial charge >= 0.3 is 5.69 Å². The summed E-state index contributed by atoms with van der Waals surface area (Å²) in [5.74, 6) is 0.376. The number of fused-ring (bicyclic) bond motifs is 1. The number of hydrogen-bond donors (Lipinski definition) is 1. The third kappa shape index (κ3) is 2.65. The largest absolute Gasteiger partial charge is 0.351 e. The highest BCUT2D eigenvalue weighted by atomic mass is 19.1. The summed E-state index contributed by atoms with van der Waals surface area (Å²) in [6.07, 6.45) is 3.22. The molecule has 0 unspecified atom stereocenters. The van der Waals surface area contributed by atoms with E-state index < -0.39 is 0 Å². The molecule has 1 N–H and O–H groups in total. The normalized spacial score (nSPS) is 15.1. The van der Waals surface area contributed by atoms with Crippen LogP contribution < -0.4 is 15.9 Å². The fourth-order valence-corrected chi connectivity index (χ4v) is 2.95. The maximum Gasteiger partial charge on any atom is 0.350 e. The second-order valence-corrected chi connectivity index (χ2v) is 5.75. The van der Waals surface area contributed by atoms with E-state index in [-0.39, 0.29) is 18.1 Å². The Morgan fingerprint density at radius 1 is 1.25 bits per heavy atom. The van der Waals surface area contributed by atoms with Crippen LogP contribution in [0.4, 0.5) is 10.2 Å².